The van der Waals surface area contributed by atoms with Gasteiger partial charge in [-0.15, -0.1) is 6.58 Å². The lowest BCUT2D eigenvalue weighted by Gasteiger charge is -2.34. The number of nitrogens with zero attached hydrogens (tertiary/aromatic N) is 2. The Labute approximate surface area is 178 Å². The van der Waals surface area contributed by atoms with Crippen LogP contribution in [0.25, 0.3) is 0 Å². The van der Waals surface area contributed by atoms with Crippen LogP contribution in [0.15, 0.2) is 30.9 Å². The number of nitriles is 1. The number of ether oxygens (including phenoxy) is 2. The fourth-order valence-electron chi connectivity index (χ4n) is 5.16. The van der Waals surface area contributed by atoms with Crippen molar-refractivity contribution in [3.8, 4) is 6.07 Å². The molecule has 0 aromatic heterocycles. The third-order valence-corrected chi connectivity index (χ3v) is 6.37. The molecule has 1 aromatic rings. The predicted octanol–water partition coefficient (Wildman–Crippen LogP) is 3.84. The Morgan fingerprint density at radius 3 is 2.55 bits per heavy atom. The zero-order valence-electron chi connectivity index (χ0n) is 16.3. The largest absolute Gasteiger partial charge is 0.417 e. The van der Waals surface area contributed by atoms with E-state index in [4.69, 9.17) is 14.7 Å². The summed E-state index contributed by atoms with van der Waals surface area (Å²) in [5.74, 6) is -2.91. The topological polar surface area (TPSA) is 79.6 Å². The molecule has 166 valence electrons. The summed E-state index contributed by atoms with van der Waals surface area (Å²) in [7, 11) is 0. The smallest absolute Gasteiger partial charge is 0.371 e. The Morgan fingerprint density at radius 1 is 1.32 bits per heavy atom. The number of benzene rings is 1. The first-order chi connectivity index (χ1) is 14.0. The molecule has 31 heavy (non-hydrogen) atoms. The number of anilines is 1. The minimum absolute atomic E-state index is 0. The van der Waals surface area contributed by atoms with E-state index in [0.717, 1.165) is 11.0 Å². The summed E-state index contributed by atoms with van der Waals surface area (Å²) in [5, 5.41) is 8.98. The standard InChI is InChI=1S/C21H19F3N2O4.CH4/c1-4-7-29-14-9-19(2)15-16(20(14,3)30-19)18(28)26(17(15)27)12-6-5-11(10-25)13(8-12)21(22,23)24;/h4-6,8,14-16H,1,7,9H2,2-3H3;1H4/t14-,15+,16-,19+,20-;/m1./s1. The van der Waals surface area contributed by atoms with Crippen LogP contribution >= 0.6 is 0 Å². The molecule has 0 aliphatic carbocycles. The van der Waals surface area contributed by atoms with Crippen molar-refractivity contribution in [1.82, 2.24) is 0 Å². The van der Waals surface area contributed by atoms with E-state index in [1.807, 2.05) is 0 Å². The Hall–Kier alpha value is -2.70. The molecule has 1 aromatic carbocycles. The number of alkyl halides is 3. The number of carbonyl (C=O) groups excluding carboxylic acids is 2. The van der Waals surface area contributed by atoms with Crippen molar-refractivity contribution >= 4 is 17.5 Å². The van der Waals surface area contributed by atoms with Gasteiger partial charge in [-0.25, -0.2) is 4.90 Å². The minimum Gasteiger partial charge on any atom is -0.371 e. The zero-order valence-corrected chi connectivity index (χ0v) is 16.3. The van der Waals surface area contributed by atoms with Gasteiger partial charge in [0.25, 0.3) is 0 Å². The number of rotatable bonds is 4. The van der Waals surface area contributed by atoms with Gasteiger partial charge in [-0.1, -0.05) is 13.5 Å². The quantitative estimate of drug-likeness (QED) is 0.529. The van der Waals surface area contributed by atoms with Crippen molar-refractivity contribution in [3.63, 3.8) is 0 Å². The number of fused-ring (bicyclic) bond motifs is 5. The van der Waals surface area contributed by atoms with Crippen LogP contribution in [0, 0.1) is 23.2 Å². The molecule has 3 heterocycles. The molecule has 3 aliphatic rings. The summed E-state index contributed by atoms with van der Waals surface area (Å²) in [5.41, 5.74) is -4.02. The van der Waals surface area contributed by atoms with E-state index >= 15 is 0 Å². The highest BCUT2D eigenvalue weighted by molar-refractivity contribution is 6.23. The molecule has 3 saturated heterocycles. The highest BCUT2D eigenvalue weighted by atomic mass is 19.4. The molecule has 3 aliphatic heterocycles. The molecule has 6 nitrogen and oxygen atoms in total. The number of imide groups is 1. The van der Waals surface area contributed by atoms with Crippen LogP contribution in [0.5, 0.6) is 0 Å². The van der Waals surface area contributed by atoms with Gasteiger partial charge in [0.2, 0.25) is 11.8 Å². The van der Waals surface area contributed by atoms with Gasteiger partial charge in [-0.3, -0.25) is 9.59 Å². The Bertz CT molecular complexity index is 1000. The molecule has 0 radical (unpaired) electrons. The summed E-state index contributed by atoms with van der Waals surface area (Å²) in [6.45, 7) is 7.27. The molecule has 4 rings (SSSR count). The van der Waals surface area contributed by atoms with Crippen LogP contribution < -0.4 is 4.90 Å². The normalized spacial score (nSPS) is 33.8. The second-order valence-corrected chi connectivity index (χ2v) is 8.22. The monoisotopic (exact) mass is 436 g/mol. The summed E-state index contributed by atoms with van der Waals surface area (Å²) < 4.78 is 52.0. The number of hydrogen-bond acceptors (Lipinski definition) is 5. The second kappa shape index (κ2) is 7.18. The van der Waals surface area contributed by atoms with Gasteiger partial charge in [-0.05, 0) is 32.0 Å². The van der Waals surface area contributed by atoms with E-state index in [1.54, 1.807) is 19.9 Å². The van der Waals surface area contributed by atoms with Crippen LogP contribution in [-0.4, -0.2) is 35.7 Å². The maximum absolute atomic E-state index is 13.4. The third kappa shape index (κ3) is 3.08. The Kier molecular flexibility index (Phi) is 5.32. The Balaban J connectivity index is 0.00000272. The first kappa shape index (κ1) is 23.0. The average molecular weight is 436 g/mol. The molecule has 0 saturated carbocycles. The van der Waals surface area contributed by atoms with Gasteiger partial charge in [0, 0.05) is 6.42 Å². The van der Waals surface area contributed by atoms with Crippen LogP contribution in [0.3, 0.4) is 0 Å². The van der Waals surface area contributed by atoms with Crippen LogP contribution in [-0.2, 0) is 25.2 Å². The highest BCUT2D eigenvalue weighted by Crippen LogP contribution is 2.61. The summed E-state index contributed by atoms with van der Waals surface area (Å²) in [6, 6.07) is 4.32. The van der Waals surface area contributed by atoms with Crippen molar-refractivity contribution in [2.45, 2.75) is 51.2 Å². The van der Waals surface area contributed by atoms with Crippen molar-refractivity contribution in [3.05, 3.63) is 42.0 Å². The van der Waals surface area contributed by atoms with E-state index in [2.05, 4.69) is 6.58 Å². The SMILES string of the molecule is C.C=CCO[C@@H]1C[C@]2(C)O[C@@]1(C)[C@H]1C(=O)N(c3ccc(C#N)c(C(F)(F)F)c3)C(=O)[C@H]12. The summed E-state index contributed by atoms with van der Waals surface area (Å²) in [4.78, 5) is 27.3. The highest BCUT2D eigenvalue weighted by Gasteiger charge is 2.76. The van der Waals surface area contributed by atoms with E-state index in [1.165, 1.54) is 12.1 Å². The van der Waals surface area contributed by atoms with Crippen LogP contribution in [0.4, 0.5) is 18.9 Å². The number of amides is 2. The van der Waals surface area contributed by atoms with Gasteiger partial charge >= 0.3 is 6.18 Å². The zero-order chi connectivity index (χ0) is 22.1. The minimum atomic E-state index is -4.80. The van der Waals surface area contributed by atoms with E-state index < -0.39 is 58.3 Å². The second-order valence-electron chi connectivity index (χ2n) is 8.22. The molecule has 0 N–H and O–H groups in total. The fraction of sp³-hybridized carbons (Fsp3) is 0.500. The van der Waals surface area contributed by atoms with Gasteiger partial charge in [-0.2, -0.15) is 18.4 Å². The molecule has 2 amide bonds. The molecular weight excluding hydrogens is 413 g/mol. The van der Waals surface area contributed by atoms with Crippen molar-refractivity contribution < 1.29 is 32.2 Å². The fourth-order valence-corrected chi connectivity index (χ4v) is 5.16. The molecule has 0 unspecified atom stereocenters. The maximum atomic E-state index is 13.4. The van der Waals surface area contributed by atoms with Gasteiger partial charge < -0.3 is 9.47 Å². The first-order valence-corrected chi connectivity index (χ1v) is 9.40. The third-order valence-electron chi connectivity index (χ3n) is 6.37. The predicted molar refractivity (Wildman–Crippen MR) is 105 cm³/mol. The lowest BCUT2D eigenvalue weighted by atomic mass is 9.67. The number of hydrogen-bond donors (Lipinski definition) is 0. The molecule has 3 fully saturated rings. The van der Waals surface area contributed by atoms with Gasteiger partial charge in [0.1, 0.15) is 5.60 Å². The average Bonchev–Trinajstić information content (AvgIpc) is 3.19. The van der Waals surface area contributed by atoms with Crippen molar-refractivity contribution in [2.24, 2.45) is 11.8 Å². The van der Waals surface area contributed by atoms with E-state index in [0.29, 0.717) is 12.5 Å². The van der Waals surface area contributed by atoms with E-state index in [-0.39, 0.29) is 19.7 Å². The van der Waals surface area contributed by atoms with Gasteiger partial charge in [0.05, 0.1) is 53.0 Å². The maximum Gasteiger partial charge on any atom is 0.417 e. The number of carbonyl (C=O) groups is 2. The Morgan fingerprint density at radius 2 is 1.97 bits per heavy atom. The van der Waals surface area contributed by atoms with E-state index in [9.17, 15) is 22.8 Å². The first-order valence-electron chi connectivity index (χ1n) is 9.40. The molecule has 5 atom stereocenters. The van der Waals surface area contributed by atoms with Crippen LogP contribution in [0.1, 0.15) is 38.8 Å². The molecule has 2 bridgehead atoms. The number of halogens is 3. The van der Waals surface area contributed by atoms with Gasteiger partial charge in [0.15, 0.2) is 0 Å². The summed E-state index contributed by atoms with van der Waals surface area (Å²) >= 11 is 0. The lowest BCUT2D eigenvalue weighted by molar-refractivity contribution is -0.138. The van der Waals surface area contributed by atoms with Crippen molar-refractivity contribution in [1.29, 1.82) is 5.26 Å². The van der Waals surface area contributed by atoms with Crippen molar-refractivity contribution in [2.75, 3.05) is 11.5 Å². The lowest BCUT2D eigenvalue weighted by Crippen LogP contribution is -2.50. The van der Waals surface area contributed by atoms with Crippen LogP contribution in [0.2, 0.25) is 0 Å². The molecule has 0 spiro atoms. The summed E-state index contributed by atoms with van der Waals surface area (Å²) in [6.07, 6.45) is -3.30. The molecular formula is C22H23F3N2O4. The molecule has 9 heteroatoms.